The van der Waals surface area contributed by atoms with E-state index in [4.69, 9.17) is 9.47 Å². The maximum Gasteiger partial charge on any atom is 0.191 e. The summed E-state index contributed by atoms with van der Waals surface area (Å²) in [7, 11) is 1.77. The van der Waals surface area contributed by atoms with Crippen LogP contribution < -0.4 is 15.4 Å². The third-order valence-electron chi connectivity index (χ3n) is 4.99. The first-order chi connectivity index (χ1) is 15.6. The highest BCUT2D eigenvalue weighted by molar-refractivity contribution is 5.79. The number of aliphatic imine (C=N–C) groups is 1. The maximum atomic E-state index is 5.95. The molecule has 0 bridgehead atoms. The minimum Gasteiger partial charge on any atom is -0.491 e. The van der Waals surface area contributed by atoms with Gasteiger partial charge in [0.15, 0.2) is 5.96 Å². The second kappa shape index (κ2) is 11.9. The van der Waals surface area contributed by atoms with Crippen molar-refractivity contribution in [3.05, 3.63) is 77.1 Å². The SMILES string of the molecule is CCOCCOc1cc(C)ccc1CNC(=NC)NCc1ccccc1-n1ccc(C)n1. The third-order valence-corrected chi connectivity index (χ3v) is 4.99. The van der Waals surface area contributed by atoms with E-state index >= 15 is 0 Å². The predicted octanol–water partition coefficient (Wildman–Crippen LogP) is 3.77. The molecule has 0 unspecified atom stereocenters. The molecule has 3 aromatic rings. The first kappa shape index (κ1) is 23.3. The Labute approximate surface area is 190 Å². The minimum atomic E-state index is 0.529. The Bertz CT molecular complexity index is 1030. The van der Waals surface area contributed by atoms with Crippen molar-refractivity contribution in [3.8, 4) is 11.4 Å². The Morgan fingerprint density at radius 1 is 1.00 bits per heavy atom. The molecule has 0 radical (unpaired) electrons. The molecule has 170 valence electrons. The minimum absolute atomic E-state index is 0.529. The van der Waals surface area contributed by atoms with E-state index in [1.807, 2.05) is 42.9 Å². The number of nitrogens with zero attached hydrogens (tertiary/aromatic N) is 3. The Morgan fingerprint density at radius 2 is 1.78 bits per heavy atom. The number of hydrogen-bond acceptors (Lipinski definition) is 4. The van der Waals surface area contributed by atoms with Gasteiger partial charge in [0.2, 0.25) is 0 Å². The van der Waals surface area contributed by atoms with Gasteiger partial charge in [0.25, 0.3) is 0 Å². The number of rotatable bonds is 10. The van der Waals surface area contributed by atoms with Gasteiger partial charge in [-0.3, -0.25) is 4.99 Å². The Kier molecular flexibility index (Phi) is 8.69. The Balaban J connectivity index is 1.61. The van der Waals surface area contributed by atoms with E-state index in [0.717, 1.165) is 39.8 Å². The molecule has 7 heteroatoms. The number of nitrogens with one attached hydrogen (secondary N) is 2. The largest absolute Gasteiger partial charge is 0.491 e. The van der Waals surface area contributed by atoms with E-state index in [-0.39, 0.29) is 0 Å². The van der Waals surface area contributed by atoms with Crippen molar-refractivity contribution in [2.24, 2.45) is 4.99 Å². The van der Waals surface area contributed by atoms with Gasteiger partial charge in [-0.15, -0.1) is 0 Å². The molecular weight excluding hydrogens is 402 g/mol. The van der Waals surface area contributed by atoms with Gasteiger partial charge in [-0.1, -0.05) is 30.3 Å². The molecule has 2 aromatic carbocycles. The molecule has 0 aliphatic carbocycles. The van der Waals surface area contributed by atoms with Gasteiger partial charge < -0.3 is 20.1 Å². The number of aromatic nitrogens is 2. The lowest BCUT2D eigenvalue weighted by molar-refractivity contribution is 0.110. The summed E-state index contributed by atoms with van der Waals surface area (Å²) in [6, 6.07) is 16.4. The van der Waals surface area contributed by atoms with Crippen LogP contribution in [0.4, 0.5) is 0 Å². The third kappa shape index (κ3) is 6.59. The first-order valence-corrected chi connectivity index (χ1v) is 11.0. The number of ether oxygens (including phenoxy) is 2. The number of guanidine groups is 1. The van der Waals surface area contributed by atoms with Crippen LogP contribution in [-0.4, -0.2) is 42.6 Å². The zero-order chi connectivity index (χ0) is 22.8. The first-order valence-electron chi connectivity index (χ1n) is 11.0. The van der Waals surface area contributed by atoms with Crippen LogP contribution in [0.3, 0.4) is 0 Å². The van der Waals surface area contributed by atoms with Crippen LogP contribution in [0.25, 0.3) is 5.69 Å². The van der Waals surface area contributed by atoms with E-state index in [9.17, 15) is 0 Å². The fourth-order valence-electron chi connectivity index (χ4n) is 3.31. The Morgan fingerprint density at radius 3 is 2.50 bits per heavy atom. The molecule has 7 nitrogen and oxygen atoms in total. The molecule has 2 N–H and O–H groups in total. The molecule has 0 atom stereocenters. The number of benzene rings is 2. The highest BCUT2D eigenvalue weighted by Gasteiger charge is 2.08. The summed E-state index contributed by atoms with van der Waals surface area (Å²) in [4.78, 5) is 4.37. The van der Waals surface area contributed by atoms with Gasteiger partial charge in [-0.05, 0) is 50.1 Å². The summed E-state index contributed by atoms with van der Waals surface area (Å²) in [6.07, 6.45) is 1.98. The maximum absolute atomic E-state index is 5.95. The van der Waals surface area contributed by atoms with Crippen LogP contribution in [0.5, 0.6) is 5.75 Å². The monoisotopic (exact) mass is 435 g/mol. The van der Waals surface area contributed by atoms with Gasteiger partial charge in [0, 0.05) is 38.5 Å². The van der Waals surface area contributed by atoms with Gasteiger partial charge in [0.1, 0.15) is 12.4 Å². The summed E-state index contributed by atoms with van der Waals surface area (Å²) < 4.78 is 13.2. The van der Waals surface area contributed by atoms with Gasteiger partial charge in [0.05, 0.1) is 18.0 Å². The van der Waals surface area contributed by atoms with Crippen molar-refractivity contribution in [1.82, 2.24) is 20.4 Å². The fraction of sp³-hybridized carbons (Fsp3) is 0.360. The van der Waals surface area contributed by atoms with Crippen LogP contribution in [0.1, 0.15) is 29.3 Å². The molecule has 1 heterocycles. The predicted molar refractivity (Wildman–Crippen MR) is 129 cm³/mol. The summed E-state index contributed by atoms with van der Waals surface area (Å²) in [5.74, 6) is 1.59. The van der Waals surface area contributed by atoms with Crippen molar-refractivity contribution in [3.63, 3.8) is 0 Å². The average Bonchev–Trinajstić information content (AvgIpc) is 3.24. The molecule has 0 saturated heterocycles. The van der Waals surface area contributed by atoms with Crippen molar-refractivity contribution < 1.29 is 9.47 Å². The number of hydrogen-bond donors (Lipinski definition) is 2. The summed E-state index contributed by atoms with van der Waals surface area (Å²) >= 11 is 0. The summed E-state index contributed by atoms with van der Waals surface area (Å²) in [5.41, 5.74) is 5.40. The van der Waals surface area contributed by atoms with Crippen LogP contribution in [0, 0.1) is 13.8 Å². The van der Waals surface area contributed by atoms with Crippen LogP contribution >= 0.6 is 0 Å². The Hall–Kier alpha value is -3.32. The highest BCUT2D eigenvalue weighted by Crippen LogP contribution is 2.20. The molecule has 0 amide bonds. The molecule has 0 spiro atoms. The molecule has 0 saturated carbocycles. The fourth-order valence-corrected chi connectivity index (χ4v) is 3.31. The molecule has 32 heavy (non-hydrogen) atoms. The molecule has 0 aliphatic heterocycles. The number of para-hydroxylation sites is 1. The summed E-state index contributed by atoms with van der Waals surface area (Å²) in [6.45, 7) is 9.06. The smallest absolute Gasteiger partial charge is 0.191 e. The molecule has 0 aliphatic rings. The second-order valence-electron chi connectivity index (χ2n) is 7.47. The normalized spacial score (nSPS) is 11.4. The molecular formula is C25H33N5O2. The average molecular weight is 436 g/mol. The van der Waals surface area contributed by atoms with E-state index in [2.05, 4.69) is 58.0 Å². The quantitative estimate of drug-likeness (QED) is 0.288. The topological polar surface area (TPSA) is 72.7 Å². The highest BCUT2D eigenvalue weighted by atomic mass is 16.5. The standard InChI is InChI=1S/C25H33N5O2/c1-5-31-14-15-32-24-16-19(2)10-11-22(24)18-28-25(26-4)27-17-21-8-6-7-9-23(21)30-13-12-20(3)29-30/h6-13,16H,5,14-15,17-18H2,1-4H3,(H2,26,27,28). The van der Waals surface area contributed by atoms with Gasteiger partial charge >= 0.3 is 0 Å². The molecule has 1 aromatic heterocycles. The lowest BCUT2D eigenvalue weighted by Crippen LogP contribution is -2.36. The zero-order valence-electron chi connectivity index (χ0n) is 19.4. The van der Waals surface area contributed by atoms with Crippen molar-refractivity contribution in [1.29, 1.82) is 0 Å². The van der Waals surface area contributed by atoms with Crippen molar-refractivity contribution >= 4 is 5.96 Å². The zero-order valence-corrected chi connectivity index (χ0v) is 19.4. The number of aryl methyl sites for hydroxylation is 2. The van der Waals surface area contributed by atoms with E-state index in [1.165, 1.54) is 0 Å². The van der Waals surface area contributed by atoms with Crippen LogP contribution in [0.15, 0.2) is 59.7 Å². The lowest BCUT2D eigenvalue weighted by Gasteiger charge is -2.16. The van der Waals surface area contributed by atoms with Gasteiger partial charge in [-0.2, -0.15) is 5.10 Å². The van der Waals surface area contributed by atoms with Crippen LogP contribution in [-0.2, 0) is 17.8 Å². The van der Waals surface area contributed by atoms with E-state index < -0.39 is 0 Å². The second-order valence-corrected chi connectivity index (χ2v) is 7.47. The molecule has 3 rings (SSSR count). The molecule has 0 fully saturated rings. The lowest BCUT2D eigenvalue weighted by atomic mass is 10.1. The van der Waals surface area contributed by atoms with Crippen molar-refractivity contribution in [2.75, 3.05) is 26.9 Å². The van der Waals surface area contributed by atoms with Gasteiger partial charge in [-0.25, -0.2) is 4.68 Å². The van der Waals surface area contributed by atoms with Crippen LogP contribution in [0.2, 0.25) is 0 Å². The summed E-state index contributed by atoms with van der Waals surface area (Å²) in [5, 5.41) is 11.3. The van der Waals surface area contributed by atoms with E-state index in [0.29, 0.717) is 32.9 Å². The van der Waals surface area contributed by atoms with E-state index in [1.54, 1.807) is 7.05 Å². The van der Waals surface area contributed by atoms with Crippen molar-refractivity contribution in [2.45, 2.75) is 33.9 Å².